The van der Waals surface area contributed by atoms with Crippen LogP contribution in [-0.2, 0) is 19.6 Å². The molecule has 8 nitrogen and oxygen atoms in total. The van der Waals surface area contributed by atoms with E-state index in [-0.39, 0.29) is 31.9 Å². The normalized spacial score (nSPS) is 29.8. The van der Waals surface area contributed by atoms with Crippen molar-refractivity contribution in [3.63, 3.8) is 0 Å². The number of ether oxygens (including phenoxy) is 2. The number of carboxylic acid groups (broad SMARTS) is 1. The van der Waals surface area contributed by atoms with Gasteiger partial charge in [-0.3, -0.25) is 0 Å². The highest BCUT2D eigenvalue weighted by Crippen LogP contribution is 2.39. The van der Waals surface area contributed by atoms with E-state index in [9.17, 15) is 13.2 Å². The molecule has 2 atom stereocenters. The zero-order valence-electron chi connectivity index (χ0n) is 20.4. The Balaban J connectivity index is 0.00000140. The van der Waals surface area contributed by atoms with E-state index in [1.807, 2.05) is 38.1 Å². The van der Waals surface area contributed by atoms with E-state index in [1.54, 1.807) is 0 Å². The van der Waals surface area contributed by atoms with Gasteiger partial charge in [0.1, 0.15) is 5.75 Å². The van der Waals surface area contributed by atoms with Crippen LogP contribution < -0.4 is 14.8 Å². The van der Waals surface area contributed by atoms with Gasteiger partial charge in [0.15, 0.2) is 6.61 Å². The highest BCUT2D eigenvalue weighted by molar-refractivity contribution is 7.89. The molecule has 4 rings (SSSR count). The maximum absolute atomic E-state index is 12.2. The average molecular weight is 513 g/mol. The maximum Gasteiger partial charge on any atom is 0.341 e. The number of sulfonamides is 1. The Kier molecular flexibility index (Phi) is 11.5. The molecule has 35 heavy (non-hydrogen) atoms. The van der Waals surface area contributed by atoms with Crippen LogP contribution in [0.5, 0.6) is 5.75 Å². The molecule has 2 unspecified atom stereocenters. The minimum Gasteiger partial charge on any atom is -0.482 e. The van der Waals surface area contributed by atoms with Crippen molar-refractivity contribution < 1.29 is 27.8 Å². The van der Waals surface area contributed by atoms with E-state index in [0.29, 0.717) is 24.7 Å². The van der Waals surface area contributed by atoms with Crippen molar-refractivity contribution in [3.05, 3.63) is 29.8 Å². The summed E-state index contributed by atoms with van der Waals surface area (Å²) in [5.41, 5.74) is 0.643. The molecule has 3 aliphatic rings. The minimum atomic E-state index is -3.21. The third-order valence-electron chi connectivity index (χ3n) is 7.13. The van der Waals surface area contributed by atoms with Gasteiger partial charge in [0.25, 0.3) is 0 Å². The van der Waals surface area contributed by atoms with Crippen LogP contribution in [0.4, 0.5) is 0 Å². The Morgan fingerprint density at radius 2 is 1.80 bits per heavy atom. The van der Waals surface area contributed by atoms with Gasteiger partial charge >= 0.3 is 5.97 Å². The number of para-hydroxylation sites is 1. The minimum absolute atomic E-state index is 0. The summed E-state index contributed by atoms with van der Waals surface area (Å²) in [6, 6.07) is 7.68. The number of piperidine rings is 1. The van der Waals surface area contributed by atoms with E-state index < -0.39 is 21.5 Å². The van der Waals surface area contributed by atoms with Crippen LogP contribution in [0.2, 0.25) is 0 Å². The molecule has 200 valence electrons. The molecule has 0 amide bonds. The van der Waals surface area contributed by atoms with Gasteiger partial charge in [0.2, 0.25) is 10.0 Å². The standard InChI is InChI=1S/C23H34N2O6S.C2H6.CH4/c26-22(27)16-31-20-6-2-1-5-19(20)17-7-9-18(10-8-17)30-15-21-23(11-3-13-24-21)12-4-14-32(28,29)25-23;1-2;/h1-2,5-6,17-18,21,24-25H,3-4,7-16H2,(H,26,27);1-2H3;1H4. The predicted octanol–water partition coefficient (Wildman–Crippen LogP) is 4.06. The van der Waals surface area contributed by atoms with Crippen LogP contribution in [0.15, 0.2) is 24.3 Å². The fraction of sp³-hybridized carbons (Fsp3) is 0.731. The van der Waals surface area contributed by atoms with Gasteiger partial charge in [-0.15, -0.1) is 0 Å². The van der Waals surface area contributed by atoms with E-state index in [2.05, 4.69) is 10.0 Å². The summed E-state index contributed by atoms with van der Waals surface area (Å²) in [5, 5.41) is 12.4. The summed E-state index contributed by atoms with van der Waals surface area (Å²) in [6.45, 7) is 5.06. The number of rotatable bonds is 7. The topological polar surface area (TPSA) is 114 Å². The molecule has 2 aliphatic heterocycles. The Morgan fingerprint density at radius 3 is 2.49 bits per heavy atom. The molecule has 2 saturated heterocycles. The molecule has 3 N–H and O–H groups in total. The maximum atomic E-state index is 12.2. The van der Waals surface area contributed by atoms with Crippen LogP contribution in [-0.4, -0.2) is 62.7 Å². The Bertz CT molecular complexity index is 897. The molecule has 1 saturated carbocycles. The first-order valence-corrected chi connectivity index (χ1v) is 14.3. The number of carbonyl (C=O) groups is 1. The van der Waals surface area contributed by atoms with Gasteiger partial charge in [-0.2, -0.15) is 0 Å². The van der Waals surface area contributed by atoms with Gasteiger partial charge in [-0.25, -0.2) is 17.9 Å². The first-order valence-electron chi connectivity index (χ1n) is 12.7. The third-order valence-corrected chi connectivity index (χ3v) is 8.68. The molecule has 1 aliphatic carbocycles. The van der Waals surface area contributed by atoms with Crippen molar-refractivity contribution in [1.29, 1.82) is 0 Å². The van der Waals surface area contributed by atoms with Crippen LogP contribution >= 0.6 is 0 Å². The van der Waals surface area contributed by atoms with Gasteiger partial charge in [-0.1, -0.05) is 39.5 Å². The lowest BCUT2D eigenvalue weighted by Crippen LogP contribution is -2.67. The molecular weight excluding hydrogens is 468 g/mol. The van der Waals surface area contributed by atoms with Crippen molar-refractivity contribution in [3.8, 4) is 5.75 Å². The second-order valence-electron chi connectivity index (χ2n) is 9.32. The van der Waals surface area contributed by atoms with Gasteiger partial charge < -0.3 is 19.9 Å². The summed E-state index contributed by atoms with van der Waals surface area (Å²) in [5.74, 6) is 0.205. The monoisotopic (exact) mass is 512 g/mol. The van der Waals surface area contributed by atoms with Crippen molar-refractivity contribution in [2.75, 3.05) is 25.5 Å². The third kappa shape index (κ3) is 7.90. The summed E-state index contributed by atoms with van der Waals surface area (Å²) in [6.07, 6.45) is 7.27. The first-order chi connectivity index (χ1) is 16.4. The molecule has 0 aromatic heterocycles. The lowest BCUT2D eigenvalue weighted by atomic mass is 9.79. The van der Waals surface area contributed by atoms with Gasteiger partial charge in [-0.05, 0) is 75.5 Å². The highest BCUT2D eigenvalue weighted by atomic mass is 32.2. The second kappa shape index (κ2) is 13.6. The zero-order chi connectivity index (χ0) is 24.6. The second-order valence-corrected chi connectivity index (χ2v) is 11.2. The molecule has 0 bridgehead atoms. The summed E-state index contributed by atoms with van der Waals surface area (Å²) < 4.78 is 39.2. The highest BCUT2D eigenvalue weighted by Gasteiger charge is 2.46. The SMILES string of the molecule is C.CC.O=C(O)COc1ccccc1C1CCC(OCC2NCCCC23CCCS(=O)(=O)N3)CC1. The van der Waals surface area contributed by atoms with Crippen LogP contribution in [0.25, 0.3) is 0 Å². The molecule has 9 heteroatoms. The lowest BCUT2D eigenvalue weighted by molar-refractivity contribution is -0.139. The Hall–Kier alpha value is -1.68. The Labute approximate surface area is 211 Å². The largest absolute Gasteiger partial charge is 0.482 e. The van der Waals surface area contributed by atoms with Crippen LogP contribution in [0.3, 0.4) is 0 Å². The van der Waals surface area contributed by atoms with Crippen LogP contribution in [0.1, 0.15) is 84.1 Å². The number of aliphatic carboxylic acids is 1. The summed E-state index contributed by atoms with van der Waals surface area (Å²) in [4.78, 5) is 10.9. The summed E-state index contributed by atoms with van der Waals surface area (Å²) in [7, 11) is -3.21. The quantitative estimate of drug-likeness (QED) is 0.505. The smallest absolute Gasteiger partial charge is 0.341 e. The molecule has 2 heterocycles. The molecule has 1 aromatic rings. The molecular formula is C26H44N2O6S. The van der Waals surface area contributed by atoms with E-state index >= 15 is 0 Å². The van der Waals surface area contributed by atoms with Gasteiger partial charge in [0, 0.05) is 6.04 Å². The number of hydrogen-bond donors (Lipinski definition) is 3. The van der Waals surface area contributed by atoms with Crippen LogP contribution in [0, 0.1) is 0 Å². The fourth-order valence-corrected chi connectivity index (χ4v) is 7.13. The van der Waals surface area contributed by atoms with Crippen molar-refractivity contribution >= 4 is 16.0 Å². The predicted molar refractivity (Wildman–Crippen MR) is 139 cm³/mol. The van der Waals surface area contributed by atoms with E-state index in [4.69, 9.17) is 14.6 Å². The average Bonchev–Trinajstić information content (AvgIpc) is 2.83. The zero-order valence-corrected chi connectivity index (χ0v) is 21.2. The number of carboxylic acids is 1. The molecule has 1 aromatic carbocycles. The summed E-state index contributed by atoms with van der Waals surface area (Å²) >= 11 is 0. The number of hydrogen-bond acceptors (Lipinski definition) is 6. The van der Waals surface area contributed by atoms with Crippen molar-refractivity contribution in [2.45, 2.75) is 96.2 Å². The Morgan fingerprint density at radius 1 is 1.11 bits per heavy atom. The molecule has 3 fully saturated rings. The fourth-order valence-electron chi connectivity index (χ4n) is 5.54. The first kappa shape index (κ1) is 29.5. The lowest BCUT2D eigenvalue weighted by Gasteiger charge is -2.47. The van der Waals surface area contributed by atoms with E-state index in [0.717, 1.165) is 57.1 Å². The van der Waals surface area contributed by atoms with E-state index in [1.165, 1.54) is 0 Å². The molecule has 1 spiro atoms. The number of nitrogens with one attached hydrogen (secondary N) is 2. The van der Waals surface area contributed by atoms with Crippen molar-refractivity contribution in [2.24, 2.45) is 0 Å². The molecule has 0 radical (unpaired) electrons. The number of benzene rings is 1. The van der Waals surface area contributed by atoms with Crippen molar-refractivity contribution in [1.82, 2.24) is 10.0 Å². The van der Waals surface area contributed by atoms with Gasteiger partial charge in [0.05, 0.1) is 24.0 Å².